The van der Waals surface area contributed by atoms with E-state index in [-0.39, 0.29) is 42.9 Å². The average Bonchev–Trinajstić information content (AvgIpc) is 3.42. The van der Waals surface area contributed by atoms with Crippen LogP contribution in [-0.4, -0.2) is 53.3 Å². The summed E-state index contributed by atoms with van der Waals surface area (Å²) in [6.07, 6.45) is 3.98. The molecule has 0 spiro atoms. The molecule has 196 valence electrons. The minimum Gasteiger partial charge on any atom is -0.464 e. The number of benzene rings is 2. The molecule has 0 saturated carbocycles. The van der Waals surface area contributed by atoms with Gasteiger partial charge in [0.1, 0.15) is 5.58 Å². The van der Waals surface area contributed by atoms with Gasteiger partial charge in [0.15, 0.2) is 5.43 Å². The molecule has 8 heteroatoms. The van der Waals surface area contributed by atoms with Crippen molar-refractivity contribution in [1.29, 1.82) is 0 Å². The fraction of sp³-hybridized carbons (Fsp3) is 0.414. The quantitative estimate of drug-likeness (QED) is 0.341. The van der Waals surface area contributed by atoms with Gasteiger partial charge in [0, 0.05) is 32.0 Å². The highest BCUT2D eigenvalue weighted by Gasteiger charge is 2.27. The number of halogens is 1. The molecule has 2 aromatic carbocycles. The standard InChI is InChI=1S/C29H33ClN2O5/c1-21-11-12-26-25(15-21)29(35)23(20-37-26)17-31(16-22-7-3-2-4-8-22)28(34)19-32(27(33)10-5-13-30)18-24-9-6-14-36-24/h2-4,7-8,11-12,15,20,24H,5-6,9-10,13-14,16-19H2,1H3. The van der Waals surface area contributed by atoms with Crippen molar-refractivity contribution < 1.29 is 18.7 Å². The number of carbonyl (C=O) groups is 2. The van der Waals surface area contributed by atoms with Crippen LogP contribution in [0, 0.1) is 6.92 Å². The van der Waals surface area contributed by atoms with Gasteiger partial charge in [0.25, 0.3) is 0 Å². The highest BCUT2D eigenvalue weighted by atomic mass is 35.5. The van der Waals surface area contributed by atoms with Crippen LogP contribution in [0.25, 0.3) is 11.0 Å². The summed E-state index contributed by atoms with van der Waals surface area (Å²) in [5, 5.41) is 0.487. The van der Waals surface area contributed by atoms with Crippen LogP contribution < -0.4 is 5.43 Å². The Morgan fingerprint density at radius 2 is 1.86 bits per heavy atom. The summed E-state index contributed by atoms with van der Waals surface area (Å²) >= 11 is 5.81. The molecule has 0 radical (unpaired) electrons. The van der Waals surface area contributed by atoms with Gasteiger partial charge in [0.2, 0.25) is 11.8 Å². The van der Waals surface area contributed by atoms with Crippen LogP contribution in [0.4, 0.5) is 0 Å². The second kappa shape index (κ2) is 12.9. The predicted octanol–water partition coefficient (Wildman–Crippen LogP) is 4.66. The number of hydrogen-bond acceptors (Lipinski definition) is 5. The lowest BCUT2D eigenvalue weighted by molar-refractivity contribution is -0.142. The monoisotopic (exact) mass is 524 g/mol. The van der Waals surface area contributed by atoms with Gasteiger partial charge < -0.3 is 19.0 Å². The predicted molar refractivity (Wildman–Crippen MR) is 143 cm³/mol. The zero-order valence-electron chi connectivity index (χ0n) is 21.2. The third-order valence-electron chi connectivity index (χ3n) is 6.58. The number of hydrogen-bond donors (Lipinski definition) is 0. The lowest BCUT2D eigenvalue weighted by atomic mass is 10.1. The number of ether oxygens (including phenoxy) is 1. The van der Waals surface area contributed by atoms with E-state index in [4.69, 9.17) is 20.8 Å². The molecular formula is C29H33ClN2O5. The molecule has 0 N–H and O–H groups in total. The van der Waals surface area contributed by atoms with Crippen molar-refractivity contribution in [3.8, 4) is 0 Å². The van der Waals surface area contributed by atoms with Crippen LogP contribution in [-0.2, 0) is 27.4 Å². The first-order valence-corrected chi connectivity index (χ1v) is 13.3. The SMILES string of the molecule is Cc1ccc2occ(CN(Cc3ccccc3)C(=O)CN(CC3CCCO3)C(=O)CCCCl)c(=O)c2c1. The van der Waals surface area contributed by atoms with Gasteiger partial charge in [-0.25, -0.2) is 0 Å². The highest BCUT2D eigenvalue weighted by Crippen LogP contribution is 2.18. The molecular weight excluding hydrogens is 492 g/mol. The Morgan fingerprint density at radius 3 is 2.59 bits per heavy atom. The van der Waals surface area contributed by atoms with Crippen molar-refractivity contribution in [2.45, 2.75) is 51.8 Å². The molecule has 2 heterocycles. The smallest absolute Gasteiger partial charge is 0.242 e. The van der Waals surface area contributed by atoms with Gasteiger partial charge >= 0.3 is 0 Å². The van der Waals surface area contributed by atoms with E-state index in [0.717, 1.165) is 24.0 Å². The fourth-order valence-corrected chi connectivity index (χ4v) is 4.70. The Morgan fingerprint density at radius 1 is 1.05 bits per heavy atom. The summed E-state index contributed by atoms with van der Waals surface area (Å²) in [6.45, 7) is 3.23. The molecule has 1 aromatic heterocycles. The molecule has 1 unspecified atom stereocenters. The summed E-state index contributed by atoms with van der Waals surface area (Å²) in [7, 11) is 0. The van der Waals surface area contributed by atoms with Gasteiger partial charge in [0.05, 0.1) is 36.4 Å². The molecule has 0 bridgehead atoms. The van der Waals surface area contributed by atoms with Crippen molar-refractivity contribution >= 4 is 34.4 Å². The van der Waals surface area contributed by atoms with E-state index in [0.29, 0.717) is 48.5 Å². The number of fused-ring (bicyclic) bond motifs is 1. The molecule has 1 aliphatic rings. The second-order valence-corrected chi connectivity index (χ2v) is 9.90. The summed E-state index contributed by atoms with van der Waals surface area (Å²) in [5.41, 5.74) is 2.62. The normalized spacial score (nSPS) is 15.1. The number of carbonyl (C=O) groups excluding carboxylic acids is 2. The number of rotatable bonds is 11. The van der Waals surface area contributed by atoms with E-state index >= 15 is 0 Å². The van der Waals surface area contributed by atoms with E-state index in [1.807, 2.05) is 43.3 Å². The number of aryl methyl sites for hydroxylation is 1. The molecule has 4 rings (SSSR count). The summed E-state index contributed by atoms with van der Waals surface area (Å²) in [4.78, 5) is 43.1. The molecule has 1 fully saturated rings. The highest BCUT2D eigenvalue weighted by molar-refractivity contribution is 6.17. The van der Waals surface area contributed by atoms with Gasteiger partial charge in [-0.2, -0.15) is 0 Å². The van der Waals surface area contributed by atoms with Crippen LogP contribution in [0.15, 0.2) is 64.0 Å². The maximum absolute atomic E-state index is 13.7. The molecule has 1 aliphatic heterocycles. The van der Waals surface area contributed by atoms with Crippen LogP contribution in [0.3, 0.4) is 0 Å². The Balaban J connectivity index is 1.59. The zero-order valence-corrected chi connectivity index (χ0v) is 21.9. The van der Waals surface area contributed by atoms with Gasteiger partial charge in [-0.3, -0.25) is 14.4 Å². The summed E-state index contributed by atoms with van der Waals surface area (Å²) in [5.74, 6) is 0.0137. The third-order valence-corrected chi connectivity index (χ3v) is 6.85. The van der Waals surface area contributed by atoms with E-state index in [1.165, 1.54) is 6.26 Å². The molecule has 7 nitrogen and oxygen atoms in total. The topological polar surface area (TPSA) is 80.1 Å². The third kappa shape index (κ3) is 7.21. The average molecular weight is 525 g/mol. The maximum Gasteiger partial charge on any atom is 0.242 e. The van der Waals surface area contributed by atoms with Gasteiger partial charge in [-0.1, -0.05) is 42.0 Å². The van der Waals surface area contributed by atoms with Crippen molar-refractivity contribution in [3.05, 3.63) is 81.7 Å². The van der Waals surface area contributed by atoms with E-state index in [1.54, 1.807) is 21.9 Å². The Labute approximate surface area is 221 Å². The second-order valence-electron chi connectivity index (χ2n) is 9.53. The molecule has 3 aromatic rings. The van der Waals surface area contributed by atoms with Crippen LogP contribution in [0.2, 0.25) is 0 Å². The van der Waals surface area contributed by atoms with Crippen LogP contribution in [0.5, 0.6) is 0 Å². The van der Waals surface area contributed by atoms with Crippen molar-refractivity contribution in [2.75, 3.05) is 25.6 Å². The molecule has 37 heavy (non-hydrogen) atoms. The van der Waals surface area contributed by atoms with E-state index in [2.05, 4.69) is 0 Å². The first kappa shape index (κ1) is 26.9. The minimum atomic E-state index is -0.246. The van der Waals surface area contributed by atoms with Crippen molar-refractivity contribution in [1.82, 2.24) is 9.80 Å². The number of alkyl halides is 1. The van der Waals surface area contributed by atoms with E-state index < -0.39 is 0 Å². The van der Waals surface area contributed by atoms with Crippen molar-refractivity contribution in [2.24, 2.45) is 0 Å². The Bertz CT molecular complexity index is 1270. The molecule has 1 saturated heterocycles. The van der Waals surface area contributed by atoms with Crippen LogP contribution in [0.1, 0.15) is 42.4 Å². The number of amides is 2. The van der Waals surface area contributed by atoms with E-state index in [9.17, 15) is 14.4 Å². The minimum absolute atomic E-state index is 0.0730. The summed E-state index contributed by atoms with van der Waals surface area (Å²) in [6, 6.07) is 15.1. The molecule has 0 aliphatic carbocycles. The largest absolute Gasteiger partial charge is 0.464 e. The Kier molecular flexibility index (Phi) is 9.36. The first-order valence-electron chi connectivity index (χ1n) is 12.7. The lowest BCUT2D eigenvalue weighted by Gasteiger charge is -2.29. The molecule has 1 atom stereocenters. The molecule has 2 amide bonds. The van der Waals surface area contributed by atoms with Gasteiger partial charge in [-0.05, 0) is 43.9 Å². The van der Waals surface area contributed by atoms with Gasteiger partial charge in [-0.15, -0.1) is 11.6 Å². The van der Waals surface area contributed by atoms with Crippen molar-refractivity contribution in [3.63, 3.8) is 0 Å². The zero-order chi connectivity index (χ0) is 26.2. The van der Waals surface area contributed by atoms with Crippen LogP contribution >= 0.6 is 11.6 Å². The number of nitrogens with zero attached hydrogens (tertiary/aromatic N) is 2. The fourth-order valence-electron chi connectivity index (χ4n) is 4.56. The maximum atomic E-state index is 13.7. The first-order chi connectivity index (χ1) is 17.9. The Hall–Kier alpha value is -3.16. The summed E-state index contributed by atoms with van der Waals surface area (Å²) < 4.78 is 11.5. The lowest BCUT2D eigenvalue weighted by Crippen LogP contribution is -2.45.